The van der Waals surface area contributed by atoms with Gasteiger partial charge in [-0.2, -0.15) is 9.57 Å². The molecule has 1 heterocycles. The van der Waals surface area contributed by atoms with Crippen molar-refractivity contribution in [2.75, 3.05) is 39.0 Å². The molecule has 0 aromatic heterocycles. The Hall–Kier alpha value is -2.57. The summed E-state index contributed by atoms with van der Waals surface area (Å²) in [6.45, 7) is 1.88. The van der Waals surface area contributed by atoms with E-state index in [0.717, 1.165) is 5.56 Å². The summed E-state index contributed by atoms with van der Waals surface area (Å²) in [6, 6.07) is 8.58. The number of nitrogens with zero attached hydrogens (tertiary/aromatic N) is 3. The second kappa shape index (κ2) is 8.69. The van der Waals surface area contributed by atoms with Crippen LogP contribution in [0.3, 0.4) is 0 Å². The molecule has 1 amide bonds. The molecule has 8 nitrogen and oxygen atoms in total. The SMILES string of the molecule is CS(=O)(=O)N1CCN(/C=C(/C#N)C(=O)NCCc2ccc(O)cc2)CC1. The molecule has 1 aliphatic rings. The Morgan fingerprint density at radius 3 is 2.42 bits per heavy atom. The summed E-state index contributed by atoms with van der Waals surface area (Å²) in [6.07, 6.45) is 3.23. The van der Waals surface area contributed by atoms with Gasteiger partial charge in [-0.3, -0.25) is 4.79 Å². The van der Waals surface area contributed by atoms with Crippen molar-refractivity contribution in [3.05, 3.63) is 41.6 Å². The van der Waals surface area contributed by atoms with Gasteiger partial charge >= 0.3 is 0 Å². The summed E-state index contributed by atoms with van der Waals surface area (Å²) in [5.74, 6) is -0.278. The van der Waals surface area contributed by atoms with E-state index in [-0.39, 0.29) is 11.3 Å². The van der Waals surface area contributed by atoms with Gasteiger partial charge in [-0.25, -0.2) is 8.42 Å². The van der Waals surface area contributed by atoms with Gasteiger partial charge in [0.2, 0.25) is 10.0 Å². The van der Waals surface area contributed by atoms with Crippen molar-refractivity contribution in [1.29, 1.82) is 5.26 Å². The van der Waals surface area contributed by atoms with E-state index >= 15 is 0 Å². The summed E-state index contributed by atoms with van der Waals surface area (Å²) in [5, 5.41) is 21.1. The van der Waals surface area contributed by atoms with Crippen molar-refractivity contribution < 1.29 is 18.3 Å². The van der Waals surface area contributed by atoms with Crippen LogP contribution in [0.15, 0.2) is 36.0 Å². The van der Waals surface area contributed by atoms with Gasteiger partial charge in [-0.05, 0) is 24.1 Å². The maximum atomic E-state index is 12.1. The van der Waals surface area contributed by atoms with Gasteiger partial charge in [0.25, 0.3) is 5.91 Å². The first-order valence-corrected chi connectivity index (χ1v) is 10.0. The van der Waals surface area contributed by atoms with Crippen molar-refractivity contribution in [3.63, 3.8) is 0 Å². The Morgan fingerprint density at radius 1 is 1.27 bits per heavy atom. The van der Waals surface area contributed by atoms with Crippen LogP contribution < -0.4 is 5.32 Å². The highest BCUT2D eigenvalue weighted by atomic mass is 32.2. The van der Waals surface area contributed by atoms with Gasteiger partial charge in [0.05, 0.1) is 6.26 Å². The number of aromatic hydroxyl groups is 1. The van der Waals surface area contributed by atoms with E-state index in [0.29, 0.717) is 39.1 Å². The van der Waals surface area contributed by atoms with Crippen LogP contribution in [0.4, 0.5) is 0 Å². The van der Waals surface area contributed by atoms with Crippen LogP contribution in [-0.4, -0.2) is 67.6 Å². The molecule has 2 rings (SSSR count). The van der Waals surface area contributed by atoms with Gasteiger partial charge in [0.15, 0.2) is 0 Å². The quantitative estimate of drug-likeness (QED) is 0.534. The molecule has 0 unspecified atom stereocenters. The van der Waals surface area contributed by atoms with Gasteiger partial charge in [-0.15, -0.1) is 0 Å². The number of sulfonamides is 1. The van der Waals surface area contributed by atoms with Crippen molar-refractivity contribution in [3.8, 4) is 11.8 Å². The van der Waals surface area contributed by atoms with E-state index in [1.54, 1.807) is 29.2 Å². The van der Waals surface area contributed by atoms with E-state index in [1.807, 2.05) is 6.07 Å². The number of phenols is 1. The maximum absolute atomic E-state index is 12.1. The number of amides is 1. The third kappa shape index (κ3) is 5.75. The molecule has 0 bridgehead atoms. The molecular weight excluding hydrogens is 356 g/mol. The third-order valence-electron chi connectivity index (χ3n) is 4.05. The third-order valence-corrected chi connectivity index (χ3v) is 5.36. The topological polar surface area (TPSA) is 114 Å². The van der Waals surface area contributed by atoms with Crippen molar-refractivity contribution in [2.45, 2.75) is 6.42 Å². The first-order valence-electron chi connectivity index (χ1n) is 8.17. The number of hydrogen-bond donors (Lipinski definition) is 2. The van der Waals surface area contributed by atoms with Gasteiger partial charge in [-0.1, -0.05) is 12.1 Å². The van der Waals surface area contributed by atoms with Crippen LogP contribution >= 0.6 is 0 Å². The Balaban J connectivity index is 1.85. The molecule has 1 aliphatic heterocycles. The highest BCUT2D eigenvalue weighted by Crippen LogP contribution is 2.10. The zero-order valence-electron chi connectivity index (χ0n) is 14.6. The summed E-state index contributed by atoms with van der Waals surface area (Å²) < 4.78 is 24.4. The molecule has 140 valence electrons. The predicted octanol–water partition coefficient (Wildman–Crippen LogP) is 0.0356. The normalized spacial score (nSPS) is 16.2. The molecule has 26 heavy (non-hydrogen) atoms. The number of piperazine rings is 1. The minimum absolute atomic E-state index is 0.0106. The number of phenolic OH excluding ortho intramolecular Hbond substituents is 1. The van der Waals surface area contributed by atoms with E-state index in [2.05, 4.69) is 5.32 Å². The number of rotatable bonds is 6. The van der Waals surface area contributed by atoms with E-state index < -0.39 is 15.9 Å². The molecular formula is C17H22N4O4S. The number of carbonyl (C=O) groups excluding carboxylic acids is 1. The average molecular weight is 378 g/mol. The lowest BCUT2D eigenvalue weighted by atomic mass is 10.1. The fraction of sp³-hybridized carbons (Fsp3) is 0.412. The monoisotopic (exact) mass is 378 g/mol. The second-order valence-corrected chi connectivity index (χ2v) is 8.01. The van der Waals surface area contributed by atoms with Crippen LogP contribution in [0.1, 0.15) is 5.56 Å². The van der Waals surface area contributed by atoms with Crippen molar-refractivity contribution >= 4 is 15.9 Å². The zero-order chi connectivity index (χ0) is 19.2. The molecule has 0 saturated carbocycles. The van der Waals surface area contributed by atoms with Crippen LogP contribution in [0, 0.1) is 11.3 Å². The molecule has 0 spiro atoms. The lowest BCUT2D eigenvalue weighted by Gasteiger charge is -2.32. The Kier molecular flexibility index (Phi) is 6.60. The standard InChI is InChI=1S/C17H22N4O4S/c1-26(24,25)21-10-8-20(9-11-21)13-15(12-18)17(23)19-7-6-14-2-4-16(22)5-3-14/h2-5,13,22H,6-11H2,1H3,(H,19,23)/b15-13-. The zero-order valence-corrected chi connectivity index (χ0v) is 15.4. The molecule has 0 aliphatic carbocycles. The minimum atomic E-state index is -3.21. The molecule has 1 aromatic carbocycles. The van der Waals surface area contributed by atoms with E-state index in [9.17, 15) is 23.6 Å². The summed E-state index contributed by atoms with van der Waals surface area (Å²) >= 11 is 0. The molecule has 1 aromatic rings. The maximum Gasteiger partial charge on any atom is 0.263 e. The van der Waals surface area contributed by atoms with Crippen LogP contribution in [0.5, 0.6) is 5.75 Å². The average Bonchev–Trinajstić information content (AvgIpc) is 2.61. The summed E-state index contributed by atoms with van der Waals surface area (Å²) in [7, 11) is -3.21. The summed E-state index contributed by atoms with van der Waals surface area (Å²) in [5.41, 5.74) is 0.950. The minimum Gasteiger partial charge on any atom is -0.508 e. The summed E-state index contributed by atoms with van der Waals surface area (Å²) in [4.78, 5) is 13.9. The highest BCUT2D eigenvalue weighted by Gasteiger charge is 2.22. The lowest BCUT2D eigenvalue weighted by molar-refractivity contribution is -0.117. The number of nitriles is 1. The largest absolute Gasteiger partial charge is 0.508 e. The molecule has 1 fully saturated rings. The van der Waals surface area contributed by atoms with Crippen LogP contribution in [-0.2, 0) is 21.2 Å². The van der Waals surface area contributed by atoms with Crippen molar-refractivity contribution in [2.24, 2.45) is 0 Å². The highest BCUT2D eigenvalue weighted by molar-refractivity contribution is 7.88. The second-order valence-electron chi connectivity index (χ2n) is 6.02. The number of carbonyl (C=O) groups is 1. The molecule has 0 radical (unpaired) electrons. The van der Waals surface area contributed by atoms with Gasteiger partial charge < -0.3 is 15.3 Å². The molecule has 2 N–H and O–H groups in total. The van der Waals surface area contributed by atoms with E-state index in [4.69, 9.17) is 0 Å². The molecule has 0 atom stereocenters. The Morgan fingerprint density at radius 2 is 1.88 bits per heavy atom. The van der Waals surface area contributed by atoms with Crippen LogP contribution in [0.25, 0.3) is 0 Å². The smallest absolute Gasteiger partial charge is 0.263 e. The van der Waals surface area contributed by atoms with Crippen molar-refractivity contribution in [1.82, 2.24) is 14.5 Å². The lowest BCUT2D eigenvalue weighted by Crippen LogP contribution is -2.46. The fourth-order valence-electron chi connectivity index (χ4n) is 2.56. The molecule has 1 saturated heterocycles. The van der Waals surface area contributed by atoms with Gasteiger partial charge in [0, 0.05) is 38.9 Å². The van der Waals surface area contributed by atoms with Crippen LogP contribution in [0.2, 0.25) is 0 Å². The first-order chi connectivity index (χ1) is 12.3. The van der Waals surface area contributed by atoms with E-state index in [1.165, 1.54) is 16.8 Å². The number of nitrogens with one attached hydrogen (secondary N) is 1. The number of hydrogen-bond acceptors (Lipinski definition) is 6. The Bertz CT molecular complexity index is 804. The fourth-order valence-corrected chi connectivity index (χ4v) is 3.39. The number of benzene rings is 1. The molecule has 9 heteroatoms. The first kappa shape index (κ1) is 19.8. The van der Waals surface area contributed by atoms with Gasteiger partial charge in [0.1, 0.15) is 17.4 Å². The Labute approximate surface area is 153 Å². The predicted molar refractivity (Wildman–Crippen MR) is 96.5 cm³/mol.